The fraction of sp³-hybridized carbons (Fsp3) is 0.333. The maximum absolute atomic E-state index is 12.0. The van der Waals surface area contributed by atoms with Gasteiger partial charge in [-0.15, -0.1) is 5.10 Å². The molecule has 0 saturated carbocycles. The second-order valence-corrected chi connectivity index (χ2v) is 4.22. The van der Waals surface area contributed by atoms with Crippen LogP contribution in [0.3, 0.4) is 0 Å². The summed E-state index contributed by atoms with van der Waals surface area (Å²) in [4.78, 5) is 16.3. The van der Waals surface area contributed by atoms with Gasteiger partial charge < -0.3 is 4.52 Å². The maximum Gasteiger partial charge on any atom is 0.350 e. The summed E-state index contributed by atoms with van der Waals surface area (Å²) >= 11 is 0. The second-order valence-electron chi connectivity index (χ2n) is 4.22. The van der Waals surface area contributed by atoms with Crippen molar-refractivity contribution < 1.29 is 4.52 Å². The van der Waals surface area contributed by atoms with Crippen LogP contribution in [0.15, 0.2) is 33.7 Å². The number of pyridine rings is 1. The molecule has 0 aliphatic carbocycles. The average molecular weight is 259 g/mol. The van der Waals surface area contributed by atoms with Gasteiger partial charge in [-0.1, -0.05) is 18.1 Å². The van der Waals surface area contributed by atoms with Crippen LogP contribution < -0.4 is 5.69 Å². The van der Waals surface area contributed by atoms with Gasteiger partial charge in [-0.3, -0.25) is 4.40 Å². The first kappa shape index (κ1) is 11.6. The largest absolute Gasteiger partial charge is 0.350 e. The van der Waals surface area contributed by atoms with Crippen LogP contribution in [-0.4, -0.2) is 24.3 Å². The standard InChI is InChI=1S/C12H13N5O2/c1-2-5-11-13-9(15-19-11)8-17-12(18)16-7-4-3-6-10(16)14-17/h3-4,6-7H,2,5,8H2,1H3. The van der Waals surface area contributed by atoms with Crippen molar-refractivity contribution >= 4 is 5.65 Å². The van der Waals surface area contributed by atoms with Crippen molar-refractivity contribution in [3.63, 3.8) is 0 Å². The fourth-order valence-electron chi connectivity index (χ4n) is 1.87. The summed E-state index contributed by atoms with van der Waals surface area (Å²) in [6.07, 6.45) is 3.36. The van der Waals surface area contributed by atoms with Crippen molar-refractivity contribution in [1.29, 1.82) is 0 Å². The minimum Gasteiger partial charge on any atom is -0.339 e. The Morgan fingerprint density at radius 1 is 1.37 bits per heavy atom. The Morgan fingerprint density at radius 2 is 2.26 bits per heavy atom. The first-order valence-electron chi connectivity index (χ1n) is 6.13. The molecular formula is C12H13N5O2. The zero-order valence-corrected chi connectivity index (χ0v) is 10.5. The van der Waals surface area contributed by atoms with E-state index in [4.69, 9.17) is 4.52 Å². The molecule has 0 fully saturated rings. The third kappa shape index (κ3) is 2.14. The highest BCUT2D eigenvalue weighted by Gasteiger charge is 2.10. The normalized spacial score (nSPS) is 11.2. The van der Waals surface area contributed by atoms with Crippen molar-refractivity contribution in [2.45, 2.75) is 26.3 Å². The summed E-state index contributed by atoms with van der Waals surface area (Å²) in [5, 5.41) is 8.05. The Balaban J connectivity index is 1.92. The highest BCUT2D eigenvalue weighted by Crippen LogP contribution is 2.02. The molecule has 7 heteroatoms. The van der Waals surface area contributed by atoms with Crippen LogP contribution in [0.4, 0.5) is 0 Å². The number of hydrogen-bond donors (Lipinski definition) is 0. The molecule has 0 aromatic carbocycles. The van der Waals surface area contributed by atoms with Crippen LogP contribution in [-0.2, 0) is 13.0 Å². The van der Waals surface area contributed by atoms with E-state index >= 15 is 0 Å². The topological polar surface area (TPSA) is 78.2 Å². The van der Waals surface area contributed by atoms with E-state index < -0.39 is 0 Å². The molecular weight excluding hydrogens is 246 g/mol. The van der Waals surface area contributed by atoms with Crippen molar-refractivity contribution in [2.75, 3.05) is 0 Å². The third-order valence-electron chi connectivity index (χ3n) is 2.75. The summed E-state index contributed by atoms with van der Waals surface area (Å²) in [5.74, 6) is 1.06. The van der Waals surface area contributed by atoms with E-state index in [9.17, 15) is 4.79 Å². The number of aryl methyl sites for hydroxylation is 1. The molecule has 0 aliphatic rings. The Hall–Kier alpha value is -2.44. The highest BCUT2D eigenvalue weighted by molar-refractivity contribution is 5.35. The average Bonchev–Trinajstić information content (AvgIpc) is 2.97. The van der Waals surface area contributed by atoms with Crippen LogP contribution in [0, 0.1) is 0 Å². The smallest absolute Gasteiger partial charge is 0.339 e. The second kappa shape index (κ2) is 4.68. The van der Waals surface area contributed by atoms with Crippen LogP contribution in [0.25, 0.3) is 5.65 Å². The molecule has 0 saturated heterocycles. The zero-order valence-electron chi connectivity index (χ0n) is 10.5. The lowest BCUT2D eigenvalue weighted by Gasteiger charge is -1.91. The van der Waals surface area contributed by atoms with E-state index in [0.717, 1.165) is 12.8 Å². The Labute approximate surface area is 108 Å². The van der Waals surface area contributed by atoms with Crippen LogP contribution in [0.5, 0.6) is 0 Å². The highest BCUT2D eigenvalue weighted by atomic mass is 16.5. The minimum atomic E-state index is -0.211. The van der Waals surface area contributed by atoms with Gasteiger partial charge in [-0.2, -0.15) is 4.98 Å². The van der Waals surface area contributed by atoms with Crippen molar-refractivity contribution in [3.05, 3.63) is 46.6 Å². The quantitative estimate of drug-likeness (QED) is 0.695. The number of fused-ring (bicyclic) bond motifs is 1. The molecule has 3 rings (SSSR count). The van der Waals surface area contributed by atoms with Gasteiger partial charge in [0.2, 0.25) is 5.89 Å². The van der Waals surface area contributed by atoms with E-state index in [-0.39, 0.29) is 12.2 Å². The van der Waals surface area contributed by atoms with Gasteiger partial charge in [0, 0.05) is 12.6 Å². The Bertz CT molecular complexity index is 755. The molecule has 19 heavy (non-hydrogen) atoms. The van der Waals surface area contributed by atoms with Gasteiger partial charge in [0.25, 0.3) is 0 Å². The molecule has 7 nitrogen and oxygen atoms in total. The molecule has 0 N–H and O–H groups in total. The van der Waals surface area contributed by atoms with Gasteiger partial charge in [0.05, 0.1) is 0 Å². The van der Waals surface area contributed by atoms with Crippen molar-refractivity contribution in [3.8, 4) is 0 Å². The van der Waals surface area contributed by atoms with Crippen LogP contribution in [0.1, 0.15) is 25.1 Å². The molecule has 3 heterocycles. The number of hydrogen-bond acceptors (Lipinski definition) is 5. The molecule has 0 aliphatic heterocycles. The molecule has 0 amide bonds. The number of rotatable bonds is 4. The summed E-state index contributed by atoms with van der Waals surface area (Å²) in [5.41, 5.74) is 0.391. The van der Waals surface area contributed by atoms with Crippen LogP contribution in [0.2, 0.25) is 0 Å². The monoisotopic (exact) mass is 259 g/mol. The molecule has 0 atom stereocenters. The van der Waals surface area contributed by atoms with Gasteiger partial charge in [-0.05, 0) is 18.6 Å². The predicted molar refractivity (Wildman–Crippen MR) is 66.8 cm³/mol. The van der Waals surface area contributed by atoms with Gasteiger partial charge in [0.15, 0.2) is 11.5 Å². The predicted octanol–water partition coefficient (Wildman–Crippen LogP) is 0.880. The van der Waals surface area contributed by atoms with Gasteiger partial charge in [-0.25, -0.2) is 9.48 Å². The zero-order chi connectivity index (χ0) is 13.2. The molecule has 3 aromatic rings. The molecule has 98 valence electrons. The summed E-state index contributed by atoms with van der Waals surface area (Å²) in [6, 6.07) is 5.39. The van der Waals surface area contributed by atoms with E-state index in [2.05, 4.69) is 15.2 Å². The van der Waals surface area contributed by atoms with E-state index in [1.807, 2.05) is 13.0 Å². The maximum atomic E-state index is 12.0. The summed E-state index contributed by atoms with van der Waals surface area (Å²) < 4.78 is 7.89. The van der Waals surface area contributed by atoms with E-state index in [0.29, 0.717) is 17.4 Å². The Kier molecular flexibility index (Phi) is 2.86. The van der Waals surface area contributed by atoms with Crippen molar-refractivity contribution in [1.82, 2.24) is 24.3 Å². The molecule has 0 unspecified atom stereocenters. The minimum absolute atomic E-state index is 0.211. The summed E-state index contributed by atoms with van der Waals surface area (Å²) in [6.45, 7) is 2.25. The summed E-state index contributed by atoms with van der Waals surface area (Å²) in [7, 11) is 0. The number of nitrogens with zero attached hydrogens (tertiary/aromatic N) is 5. The molecule has 3 aromatic heterocycles. The Morgan fingerprint density at radius 3 is 3.05 bits per heavy atom. The van der Waals surface area contributed by atoms with Gasteiger partial charge >= 0.3 is 5.69 Å². The van der Waals surface area contributed by atoms with Gasteiger partial charge in [0.1, 0.15) is 6.54 Å². The number of aromatic nitrogens is 5. The molecule has 0 spiro atoms. The first-order valence-corrected chi connectivity index (χ1v) is 6.13. The lowest BCUT2D eigenvalue weighted by Crippen LogP contribution is -2.22. The molecule has 0 bridgehead atoms. The third-order valence-corrected chi connectivity index (χ3v) is 2.75. The van der Waals surface area contributed by atoms with Crippen LogP contribution >= 0.6 is 0 Å². The lowest BCUT2D eigenvalue weighted by atomic mass is 10.3. The lowest BCUT2D eigenvalue weighted by molar-refractivity contribution is 0.370. The van der Waals surface area contributed by atoms with E-state index in [1.54, 1.807) is 18.3 Å². The van der Waals surface area contributed by atoms with Crippen molar-refractivity contribution in [2.24, 2.45) is 0 Å². The van der Waals surface area contributed by atoms with E-state index in [1.165, 1.54) is 9.08 Å². The fourth-order valence-corrected chi connectivity index (χ4v) is 1.87. The molecule has 0 radical (unpaired) electrons. The SMILES string of the molecule is CCCc1nc(Cn2nc3ccccn3c2=O)no1. The first-order chi connectivity index (χ1) is 9.28.